The topological polar surface area (TPSA) is 78.9 Å². The fourth-order valence-electron chi connectivity index (χ4n) is 7.57. The van der Waals surface area contributed by atoms with E-state index in [1.807, 2.05) is 0 Å². The van der Waals surface area contributed by atoms with Gasteiger partial charge in [-0.1, -0.05) is 254 Å². The largest absolute Gasteiger partial charge is 0.462 e. The second kappa shape index (κ2) is 54.2. The second-order valence-electron chi connectivity index (χ2n) is 18.3. The van der Waals surface area contributed by atoms with E-state index in [1.165, 1.54) is 109 Å². The minimum atomic E-state index is -0.796. The number of unbranched alkanes of at least 4 members (excludes halogenated alkanes) is 29. The van der Waals surface area contributed by atoms with E-state index < -0.39 is 6.10 Å². The van der Waals surface area contributed by atoms with Crippen molar-refractivity contribution in [2.45, 2.75) is 264 Å². The molecule has 378 valence electrons. The van der Waals surface area contributed by atoms with Crippen LogP contribution in [0.2, 0.25) is 0 Å². The van der Waals surface area contributed by atoms with Crippen LogP contribution in [0.4, 0.5) is 0 Å². The summed E-state index contributed by atoms with van der Waals surface area (Å²) in [5.41, 5.74) is 0. The highest BCUT2D eigenvalue weighted by atomic mass is 16.6. The van der Waals surface area contributed by atoms with Crippen molar-refractivity contribution in [3.8, 4) is 0 Å². The lowest BCUT2D eigenvalue weighted by Gasteiger charge is -2.18. The first-order valence-corrected chi connectivity index (χ1v) is 27.7. The van der Waals surface area contributed by atoms with Gasteiger partial charge in [0.25, 0.3) is 0 Å². The summed E-state index contributed by atoms with van der Waals surface area (Å²) in [6, 6.07) is 0. The van der Waals surface area contributed by atoms with Gasteiger partial charge < -0.3 is 14.2 Å². The molecule has 0 bridgehead atoms. The zero-order valence-electron chi connectivity index (χ0n) is 43.2. The summed E-state index contributed by atoms with van der Waals surface area (Å²) in [5, 5.41) is 0. The van der Waals surface area contributed by atoms with Gasteiger partial charge in [-0.05, 0) is 70.6 Å². The van der Waals surface area contributed by atoms with Gasteiger partial charge in [0.15, 0.2) is 6.10 Å². The number of carbonyl (C=O) groups excluding carboxylic acids is 3. The molecule has 0 aliphatic rings. The highest BCUT2D eigenvalue weighted by Crippen LogP contribution is 2.15. The van der Waals surface area contributed by atoms with Gasteiger partial charge >= 0.3 is 17.9 Å². The van der Waals surface area contributed by atoms with Gasteiger partial charge in [-0.3, -0.25) is 14.4 Å². The third kappa shape index (κ3) is 51.6. The number of hydrogen-bond donors (Lipinski definition) is 0. The Kier molecular flexibility index (Phi) is 51.4. The molecule has 0 spiro atoms. The summed E-state index contributed by atoms with van der Waals surface area (Å²) in [5.74, 6) is -0.931. The zero-order chi connectivity index (χ0) is 47.9. The number of esters is 3. The van der Waals surface area contributed by atoms with Crippen LogP contribution in [-0.2, 0) is 28.6 Å². The molecule has 0 N–H and O–H groups in total. The van der Waals surface area contributed by atoms with Gasteiger partial charge in [0.2, 0.25) is 0 Å². The quantitative estimate of drug-likeness (QED) is 0.0262. The first-order chi connectivity index (χ1) is 32.5. The van der Waals surface area contributed by atoms with Crippen LogP contribution in [0.3, 0.4) is 0 Å². The third-order valence-electron chi connectivity index (χ3n) is 11.8. The van der Waals surface area contributed by atoms with Crippen LogP contribution in [0, 0.1) is 0 Å². The number of rotatable bonds is 49. The van der Waals surface area contributed by atoms with Crippen LogP contribution in [0.1, 0.15) is 258 Å². The van der Waals surface area contributed by atoms with Crippen LogP contribution in [0.25, 0.3) is 0 Å². The molecule has 6 heteroatoms. The molecule has 0 aromatic heterocycles. The van der Waals surface area contributed by atoms with Crippen molar-refractivity contribution in [1.29, 1.82) is 0 Å². The molecule has 0 aliphatic heterocycles. The van der Waals surface area contributed by atoms with Gasteiger partial charge in [-0.2, -0.15) is 0 Å². The molecular weight excluding hydrogens is 817 g/mol. The van der Waals surface area contributed by atoms with Crippen LogP contribution in [0.5, 0.6) is 0 Å². The first kappa shape index (κ1) is 62.6. The van der Waals surface area contributed by atoms with E-state index in [0.29, 0.717) is 19.3 Å². The predicted octanol–water partition coefficient (Wildman–Crippen LogP) is 18.4. The number of hydrogen-bond acceptors (Lipinski definition) is 6. The third-order valence-corrected chi connectivity index (χ3v) is 11.8. The van der Waals surface area contributed by atoms with Crippen molar-refractivity contribution in [2.75, 3.05) is 13.2 Å². The van der Waals surface area contributed by atoms with E-state index in [4.69, 9.17) is 14.2 Å². The number of ether oxygens (including phenoxy) is 3. The van der Waals surface area contributed by atoms with E-state index in [-0.39, 0.29) is 31.1 Å². The molecule has 6 nitrogen and oxygen atoms in total. The van der Waals surface area contributed by atoms with Crippen LogP contribution in [0.15, 0.2) is 85.1 Å². The Hall–Kier alpha value is -3.41. The first-order valence-electron chi connectivity index (χ1n) is 27.7. The minimum Gasteiger partial charge on any atom is -0.462 e. The van der Waals surface area contributed by atoms with Gasteiger partial charge in [0.05, 0.1) is 0 Å². The lowest BCUT2D eigenvalue weighted by atomic mass is 10.0. The maximum Gasteiger partial charge on any atom is 0.306 e. The van der Waals surface area contributed by atoms with E-state index in [0.717, 1.165) is 109 Å². The number of carbonyl (C=O) groups is 3. The zero-order valence-corrected chi connectivity index (χ0v) is 43.2. The summed E-state index contributed by atoms with van der Waals surface area (Å²) in [6.45, 7) is 6.55. The fraction of sp³-hybridized carbons (Fsp3) is 0.717. The smallest absolute Gasteiger partial charge is 0.306 e. The Bertz CT molecular complexity index is 1290. The average Bonchev–Trinajstić information content (AvgIpc) is 3.31. The highest BCUT2D eigenvalue weighted by molar-refractivity contribution is 5.71. The summed E-state index contributed by atoms with van der Waals surface area (Å²) in [4.78, 5) is 38.1. The molecule has 0 rings (SSSR count). The molecule has 0 fully saturated rings. The molecule has 66 heavy (non-hydrogen) atoms. The SMILES string of the molecule is CCCCC\C=C/C=C\C=C/C=C\CCCCCCCC(=O)OCC(COC(=O)CCCCCCCCCCCCCC)OC(=O)CCCCCCC\C=C/C=C\C=C/CCCCCCC. The molecule has 1 unspecified atom stereocenters. The fourth-order valence-corrected chi connectivity index (χ4v) is 7.57. The minimum absolute atomic E-state index is 0.0916. The van der Waals surface area contributed by atoms with Crippen molar-refractivity contribution in [1.82, 2.24) is 0 Å². The van der Waals surface area contributed by atoms with Crippen molar-refractivity contribution in [3.05, 3.63) is 85.1 Å². The summed E-state index contributed by atoms with van der Waals surface area (Å²) < 4.78 is 16.8. The molecule has 0 saturated carbocycles. The van der Waals surface area contributed by atoms with E-state index in [9.17, 15) is 14.4 Å². The maximum atomic E-state index is 12.8. The lowest BCUT2D eigenvalue weighted by Crippen LogP contribution is -2.30. The normalized spacial score (nSPS) is 12.7. The van der Waals surface area contributed by atoms with E-state index >= 15 is 0 Å². The molecule has 0 radical (unpaired) electrons. The van der Waals surface area contributed by atoms with Crippen LogP contribution >= 0.6 is 0 Å². The monoisotopic (exact) mass is 919 g/mol. The molecule has 0 aromatic rings. The van der Waals surface area contributed by atoms with Gasteiger partial charge in [0, 0.05) is 19.3 Å². The lowest BCUT2D eigenvalue weighted by molar-refractivity contribution is -0.167. The molecule has 0 heterocycles. The van der Waals surface area contributed by atoms with E-state index in [1.54, 1.807) is 0 Å². The molecular formula is C60H102O6. The Balaban J connectivity index is 4.47. The number of allylic oxidation sites excluding steroid dienone is 14. The summed E-state index contributed by atoms with van der Waals surface area (Å²) in [6.07, 6.45) is 69.8. The second-order valence-corrected chi connectivity index (χ2v) is 18.3. The molecule has 0 saturated heterocycles. The van der Waals surface area contributed by atoms with Crippen LogP contribution < -0.4 is 0 Å². The van der Waals surface area contributed by atoms with Crippen molar-refractivity contribution >= 4 is 17.9 Å². The molecule has 0 aromatic carbocycles. The Morgan fingerprint density at radius 1 is 0.303 bits per heavy atom. The van der Waals surface area contributed by atoms with Gasteiger partial charge in [0.1, 0.15) is 13.2 Å². The average molecular weight is 919 g/mol. The highest BCUT2D eigenvalue weighted by Gasteiger charge is 2.19. The van der Waals surface area contributed by atoms with Gasteiger partial charge in [-0.15, -0.1) is 0 Å². The van der Waals surface area contributed by atoms with Crippen LogP contribution in [-0.4, -0.2) is 37.2 Å². The van der Waals surface area contributed by atoms with Crippen molar-refractivity contribution < 1.29 is 28.6 Å². The Morgan fingerprint density at radius 3 is 0.879 bits per heavy atom. The Morgan fingerprint density at radius 2 is 0.545 bits per heavy atom. The van der Waals surface area contributed by atoms with Crippen molar-refractivity contribution in [2.24, 2.45) is 0 Å². The van der Waals surface area contributed by atoms with Crippen molar-refractivity contribution in [3.63, 3.8) is 0 Å². The molecule has 1 atom stereocenters. The standard InChI is InChI=1S/C60H102O6/c1-4-7-10-13-16-19-22-25-27-29-31-33-35-38-41-44-47-50-53-59(62)65-56-57(55-64-58(61)52-49-46-43-40-37-24-21-18-15-12-9-6-3)66-60(63)54-51-48-45-42-39-36-34-32-30-28-26-23-20-17-14-11-8-5-2/h16,19,22-23,25-34,57H,4-15,17-18,20-21,24,35-56H2,1-3H3/b19-16-,25-22-,26-23-,29-27-,30-28-,33-31-,34-32-. The van der Waals surface area contributed by atoms with Gasteiger partial charge in [-0.25, -0.2) is 0 Å². The summed E-state index contributed by atoms with van der Waals surface area (Å²) in [7, 11) is 0. The molecule has 0 aliphatic carbocycles. The molecule has 0 amide bonds. The van der Waals surface area contributed by atoms with E-state index in [2.05, 4.69) is 106 Å². The maximum absolute atomic E-state index is 12.8. The predicted molar refractivity (Wildman–Crippen MR) is 284 cm³/mol. The Labute approximate surface area is 407 Å². The summed E-state index contributed by atoms with van der Waals surface area (Å²) >= 11 is 0.